The number of aliphatic carboxylic acids is 1. The first-order chi connectivity index (χ1) is 16.1. The van der Waals surface area contributed by atoms with Crippen LogP contribution in [0, 0.1) is 40.9 Å². The van der Waals surface area contributed by atoms with Crippen molar-refractivity contribution in [2.45, 2.75) is 76.9 Å². The number of nitrogens with one attached hydrogen (secondary N) is 1. The first-order valence-electron chi connectivity index (χ1n) is 12.3. The van der Waals surface area contributed by atoms with E-state index in [1.807, 2.05) is 0 Å². The van der Waals surface area contributed by atoms with Crippen molar-refractivity contribution in [3.8, 4) is 12.3 Å². The van der Waals surface area contributed by atoms with E-state index in [0.717, 1.165) is 50.7 Å². The molecule has 4 aliphatic carbocycles. The number of hydrogen-bond donors (Lipinski definition) is 4. The lowest BCUT2D eigenvalue weighted by Crippen LogP contribution is -2.54. The highest BCUT2D eigenvalue weighted by Crippen LogP contribution is 2.67. The third-order valence-corrected chi connectivity index (χ3v) is 9.56. The lowest BCUT2D eigenvalue weighted by Gasteiger charge is -2.58. The number of carboxylic acid groups (broad SMARTS) is 1. The topological polar surface area (TPSA) is 128 Å². The summed E-state index contributed by atoms with van der Waals surface area (Å²) in [6, 6.07) is -1.36. The average Bonchev–Trinajstić information content (AvgIpc) is 3.08. The molecule has 0 spiro atoms. The van der Waals surface area contributed by atoms with E-state index in [4.69, 9.17) is 21.5 Å². The molecule has 0 saturated heterocycles. The third kappa shape index (κ3) is 3.93. The molecule has 8 nitrogen and oxygen atoms in total. The molecule has 0 radical (unpaired) electrons. The first kappa shape index (κ1) is 24.7. The van der Waals surface area contributed by atoms with Gasteiger partial charge in [-0.05, 0) is 80.6 Å². The van der Waals surface area contributed by atoms with Crippen LogP contribution in [0.1, 0.15) is 65.2 Å². The Labute approximate surface area is 200 Å². The number of amides is 1. The van der Waals surface area contributed by atoms with Crippen LogP contribution >= 0.6 is 0 Å². The van der Waals surface area contributed by atoms with Crippen LogP contribution in [0.15, 0.2) is 16.8 Å². The zero-order chi connectivity index (χ0) is 24.7. The Morgan fingerprint density at radius 3 is 2.65 bits per heavy atom. The molecule has 3 saturated carbocycles. The fourth-order valence-corrected chi connectivity index (χ4v) is 7.49. The summed E-state index contributed by atoms with van der Waals surface area (Å²) in [6.45, 7) is 3.47. The highest BCUT2D eigenvalue weighted by molar-refractivity contribution is 5.96. The van der Waals surface area contributed by atoms with Gasteiger partial charge in [-0.1, -0.05) is 30.5 Å². The second kappa shape index (κ2) is 9.01. The number of carbonyl (C=O) groups is 2. The second-order valence-electron chi connectivity index (χ2n) is 11.0. The average molecular weight is 473 g/mol. The van der Waals surface area contributed by atoms with Crippen molar-refractivity contribution in [3.63, 3.8) is 0 Å². The molecule has 34 heavy (non-hydrogen) atoms. The molecular formula is C26H36N2O6. The minimum atomic E-state index is -1.36. The van der Waals surface area contributed by atoms with Crippen LogP contribution in [0.4, 0.5) is 0 Å². The van der Waals surface area contributed by atoms with Gasteiger partial charge in [0.25, 0.3) is 5.91 Å². The normalized spacial score (nSPS) is 40.7. The molecule has 7 unspecified atom stereocenters. The van der Waals surface area contributed by atoms with Crippen molar-refractivity contribution < 1.29 is 29.7 Å². The highest BCUT2D eigenvalue weighted by atomic mass is 16.6. The number of rotatable bonds is 6. The molecule has 0 aromatic carbocycles. The van der Waals surface area contributed by atoms with Crippen LogP contribution in [0.2, 0.25) is 0 Å². The van der Waals surface area contributed by atoms with Crippen molar-refractivity contribution in [3.05, 3.63) is 11.6 Å². The number of aliphatic hydroxyl groups is 2. The maximum Gasteiger partial charge on any atom is 0.328 e. The zero-order valence-electron chi connectivity index (χ0n) is 20.0. The van der Waals surface area contributed by atoms with Gasteiger partial charge < -0.3 is 25.5 Å². The van der Waals surface area contributed by atoms with Crippen molar-refractivity contribution in [1.82, 2.24) is 5.32 Å². The SMILES string of the molecule is C#CC1(O)CCC2C3CCC4=CC(=NOCC(=O)NC(CO)C(=O)O)CCC4(C)C3CCC21C. The summed E-state index contributed by atoms with van der Waals surface area (Å²) < 4.78 is 0. The Hall–Kier alpha value is -2.37. The number of carbonyl (C=O) groups excluding carboxylic acids is 1. The maximum absolute atomic E-state index is 11.9. The molecule has 0 heterocycles. The van der Waals surface area contributed by atoms with Gasteiger partial charge in [-0.25, -0.2) is 4.79 Å². The van der Waals surface area contributed by atoms with Crippen LogP contribution in [0.5, 0.6) is 0 Å². The summed E-state index contributed by atoms with van der Waals surface area (Å²) in [4.78, 5) is 28.0. The summed E-state index contributed by atoms with van der Waals surface area (Å²) >= 11 is 0. The predicted octanol–water partition coefficient (Wildman–Crippen LogP) is 2.25. The lowest BCUT2D eigenvalue weighted by molar-refractivity contribution is -0.143. The van der Waals surface area contributed by atoms with Crippen LogP contribution in [-0.2, 0) is 14.4 Å². The Morgan fingerprint density at radius 1 is 1.24 bits per heavy atom. The smallest absolute Gasteiger partial charge is 0.328 e. The third-order valence-electron chi connectivity index (χ3n) is 9.56. The number of terminal acetylenes is 1. The summed E-state index contributed by atoms with van der Waals surface area (Å²) in [6.07, 6.45) is 15.4. The molecule has 0 aromatic rings. The van der Waals surface area contributed by atoms with E-state index in [0.29, 0.717) is 24.2 Å². The summed E-state index contributed by atoms with van der Waals surface area (Å²) in [5.74, 6) is 2.37. The first-order valence-corrected chi connectivity index (χ1v) is 12.3. The fourth-order valence-electron chi connectivity index (χ4n) is 7.49. The van der Waals surface area contributed by atoms with Crippen molar-refractivity contribution in [2.75, 3.05) is 13.2 Å². The van der Waals surface area contributed by atoms with Gasteiger partial charge in [0.2, 0.25) is 0 Å². The van der Waals surface area contributed by atoms with Gasteiger partial charge in [0.1, 0.15) is 11.6 Å². The van der Waals surface area contributed by atoms with E-state index in [1.54, 1.807) is 0 Å². The number of carboxylic acids is 1. The Kier molecular flexibility index (Phi) is 6.56. The summed E-state index contributed by atoms with van der Waals surface area (Å²) in [5, 5.41) is 35.4. The quantitative estimate of drug-likeness (QED) is 0.347. The molecule has 7 atom stereocenters. The zero-order valence-corrected chi connectivity index (χ0v) is 20.0. The number of nitrogens with zero attached hydrogens (tertiary/aromatic N) is 1. The molecular weight excluding hydrogens is 436 g/mol. The van der Waals surface area contributed by atoms with E-state index in [2.05, 4.69) is 36.3 Å². The van der Waals surface area contributed by atoms with Crippen molar-refractivity contribution in [2.24, 2.45) is 33.7 Å². The number of hydrogen-bond acceptors (Lipinski definition) is 6. The van der Waals surface area contributed by atoms with Crippen LogP contribution in [0.3, 0.4) is 0 Å². The van der Waals surface area contributed by atoms with Gasteiger partial charge in [0.15, 0.2) is 6.61 Å². The van der Waals surface area contributed by atoms with Crippen molar-refractivity contribution in [1.29, 1.82) is 0 Å². The molecule has 186 valence electrons. The highest BCUT2D eigenvalue weighted by Gasteiger charge is 2.63. The minimum Gasteiger partial charge on any atom is -0.480 e. The predicted molar refractivity (Wildman–Crippen MR) is 126 cm³/mol. The number of oxime groups is 1. The van der Waals surface area contributed by atoms with Gasteiger partial charge in [-0.2, -0.15) is 0 Å². The molecule has 0 aromatic heterocycles. The molecule has 4 aliphatic rings. The Morgan fingerprint density at radius 2 is 1.97 bits per heavy atom. The largest absolute Gasteiger partial charge is 0.480 e. The van der Waals surface area contributed by atoms with Gasteiger partial charge in [-0.15, -0.1) is 6.42 Å². The van der Waals surface area contributed by atoms with E-state index >= 15 is 0 Å². The second-order valence-corrected chi connectivity index (χ2v) is 11.0. The monoisotopic (exact) mass is 472 g/mol. The van der Waals surface area contributed by atoms with E-state index in [1.165, 1.54) is 5.57 Å². The number of fused-ring (bicyclic) bond motifs is 5. The van der Waals surface area contributed by atoms with Gasteiger partial charge in [0, 0.05) is 5.41 Å². The van der Waals surface area contributed by atoms with Crippen LogP contribution in [0.25, 0.3) is 0 Å². The molecule has 4 N–H and O–H groups in total. The fraction of sp³-hybridized carbons (Fsp3) is 0.731. The van der Waals surface area contributed by atoms with Crippen LogP contribution < -0.4 is 5.32 Å². The molecule has 0 bridgehead atoms. The molecule has 4 rings (SSSR count). The number of aliphatic hydroxyl groups excluding tert-OH is 1. The maximum atomic E-state index is 11.9. The standard InChI is InChI=1S/C26H36N2O6/c1-4-26(33)12-9-20-18-6-5-16-13-17(28-34-15-22(30)27-21(14-29)23(31)32)7-10-24(16,2)19(18)8-11-25(20,26)3/h1,13,18-21,29,33H,5-12,14-15H2,2-3H3,(H,27,30)(H,31,32). The lowest BCUT2D eigenvalue weighted by atomic mass is 9.46. The van der Waals surface area contributed by atoms with Crippen LogP contribution in [-0.4, -0.2) is 57.8 Å². The molecule has 1 amide bonds. The van der Waals surface area contributed by atoms with Gasteiger partial charge >= 0.3 is 5.97 Å². The summed E-state index contributed by atoms with van der Waals surface area (Å²) in [7, 11) is 0. The van der Waals surface area contributed by atoms with Crippen molar-refractivity contribution >= 4 is 17.6 Å². The Bertz CT molecular complexity index is 953. The van der Waals surface area contributed by atoms with Gasteiger partial charge in [-0.3, -0.25) is 4.79 Å². The minimum absolute atomic E-state index is 0.0906. The molecule has 8 heteroatoms. The van der Waals surface area contributed by atoms with E-state index in [-0.39, 0.29) is 10.8 Å². The van der Waals surface area contributed by atoms with E-state index < -0.39 is 36.7 Å². The molecule has 3 fully saturated rings. The molecule has 0 aliphatic heterocycles. The van der Waals surface area contributed by atoms with E-state index in [9.17, 15) is 14.7 Å². The van der Waals surface area contributed by atoms with Gasteiger partial charge in [0.05, 0.1) is 12.3 Å². The number of allylic oxidation sites excluding steroid dienone is 2. The summed E-state index contributed by atoms with van der Waals surface area (Å²) in [5.41, 5.74) is 1.07. The Balaban J connectivity index is 1.42.